The monoisotopic (exact) mass is 264 g/mol. The van der Waals surface area contributed by atoms with Gasteiger partial charge in [0.2, 0.25) is 0 Å². The first-order valence-corrected chi connectivity index (χ1v) is 5.88. The SMILES string of the molecule is O=Cc1ccc(OCc2cscn2)c([N+](=O)[O-])c1. The maximum Gasteiger partial charge on any atom is 0.311 e. The van der Waals surface area contributed by atoms with E-state index in [4.69, 9.17) is 4.74 Å². The van der Waals surface area contributed by atoms with E-state index in [1.807, 2.05) is 0 Å². The summed E-state index contributed by atoms with van der Waals surface area (Å²) in [5.41, 5.74) is 2.37. The number of rotatable bonds is 5. The summed E-state index contributed by atoms with van der Waals surface area (Å²) in [5.74, 6) is 0.124. The molecule has 0 N–H and O–H groups in total. The number of hydrogen-bond acceptors (Lipinski definition) is 6. The van der Waals surface area contributed by atoms with Crippen LogP contribution in [0.4, 0.5) is 5.69 Å². The Labute approximate surface area is 106 Å². The molecule has 0 unspecified atom stereocenters. The average molecular weight is 264 g/mol. The molecular weight excluding hydrogens is 256 g/mol. The number of nitro groups is 1. The van der Waals surface area contributed by atoms with Crippen LogP contribution in [-0.2, 0) is 6.61 Å². The van der Waals surface area contributed by atoms with Gasteiger partial charge >= 0.3 is 5.69 Å². The Hall–Kier alpha value is -2.28. The minimum Gasteiger partial charge on any atom is -0.480 e. The van der Waals surface area contributed by atoms with Gasteiger partial charge in [-0.3, -0.25) is 14.9 Å². The van der Waals surface area contributed by atoms with Crippen LogP contribution >= 0.6 is 11.3 Å². The van der Waals surface area contributed by atoms with Crippen molar-refractivity contribution < 1.29 is 14.5 Å². The van der Waals surface area contributed by atoms with Crippen molar-refractivity contribution in [3.05, 3.63) is 50.5 Å². The highest BCUT2D eigenvalue weighted by atomic mass is 32.1. The third kappa shape index (κ3) is 2.69. The fraction of sp³-hybridized carbons (Fsp3) is 0.0909. The average Bonchev–Trinajstić information content (AvgIpc) is 2.89. The highest BCUT2D eigenvalue weighted by Gasteiger charge is 2.16. The lowest BCUT2D eigenvalue weighted by Gasteiger charge is -2.05. The van der Waals surface area contributed by atoms with E-state index in [0.29, 0.717) is 12.0 Å². The van der Waals surface area contributed by atoms with Crippen LogP contribution in [0.1, 0.15) is 16.1 Å². The summed E-state index contributed by atoms with van der Waals surface area (Å²) in [7, 11) is 0. The Morgan fingerprint density at radius 2 is 2.33 bits per heavy atom. The van der Waals surface area contributed by atoms with Gasteiger partial charge < -0.3 is 4.74 Å². The van der Waals surface area contributed by atoms with Gasteiger partial charge in [-0.1, -0.05) is 0 Å². The molecule has 6 nitrogen and oxygen atoms in total. The minimum atomic E-state index is -0.580. The standard InChI is InChI=1S/C11H8N2O4S/c14-4-8-1-2-11(10(3-8)13(15)16)17-5-9-6-18-7-12-9/h1-4,6-7H,5H2. The van der Waals surface area contributed by atoms with Crippen molar-refractivity contribution in [1.82, 2.24) is 4.98 Å². The third-order valence-electron chi connectivity index (χ3n) is 2.17. The highest BCUT2D eigenvalue weighted by molar-refractivity contribution is 7.07. The molecule has 0 aliphatic rings. The van der Waals surface area contributed by atoms with Gasteiger partial charge in [-0.15, -0.1) is 11.3 Å². The normalized spacial score (nSPS) is 10.0. The first-order valence-electron chi connectivity index (χ1n) is 4.94. The molecule has 0 radical (unpaired) electrons. The van der Waals surface area contributed by atoms with Crippen LogP contribution in [0.5, 0.6) is 5.75 Å². The molecule has 92 valence electrons. The van der Waals surface area contributed by atoms with Crippen LogP contribution in [0, 0.1) is 10.1 Å². The Morgan fingerprint density at radius 1 is 1.50 bits per heavy atom. The summed E-state index contributed by atoms with van der Waals surface area (Å²) < 4.78 is 5.33. The molecule has 0 aliphatic heterocycles. The van der Waals surface area contributed by atoms with E-state index in [-0.39, 0.29) is 23.6 Å². The molecule has 0 amide bonds. The Balaban J connectivity index is 2.21. The molecule has 0 atom stereocenters. The number of hydrogen-bond donors (Lipinski definition) is 0. The van der Waals surface area contributed by atoms with Gasteiger partial charge in [0.15, 0.2) is 5.75 Å². The second-order valence-corrected chi connectivity index (χ2v) is 4.09. The molecule has 7 heteroatoms. The number of ether oxygens (including phenoxy) is 1. The molecule has 0 spiro atoms. The molecule has 2 rings (SSSR count). The van der Waals surface area contributed by atoms with E-state index in [1.165, 1.54) is 29.5 Å². The van der Waals surface area contributed by atoms with Crippen molar-refractivity contribution in [2.45, 2.75) is 6.61 Å². The van der Waals surface area contributed by atoms with Crippen LogP contribution < -0.4 is 4.74 Å². The molecule has 0 fully saturated rings. The van der Waals surface area contributed by atoms with Crippen molar-refractivity contribution in [3.8, 4) is 5.75 Å². The Kier molecular flexibility index (Phi) is 3.63. The molecule has 1 aromatic carbocycles. The molecule has 1 heterocycles. The minimum absolute atomic E-state index is 0.124. The van der Waals surface area contributed by atoms with Crippen LogP contribution in [0.2, 0.25) is 0 Å². The maximum atomic E-state index is 10.8. The maximum absolute atomic E-state index is 10.8. The summed E-state index contributed by atoms with van der Waals surface area (Å²) in [6.45, 7) is 0.158. The van der Waals surface area contributed by atoms with Crippen molar-refractivity contribution in [3.63, 3.8) is 0 Å². The molecule has 1 aromatic heterocycles. The molecule has 0 saturated carbocycles. The predicted octanol–water partition coefficient (Wildman–Crippen LogP) is 2.44. The molecule has 0 saturated heterocycles. The van der Waals surface area contributed by atoms with Crippen molar-refractivity contribution in [2.75, 3.05) is 0 Å². The summed E-state index contributed by atoms with van der Waals surface area (Å²) in [6.07, 6.45) is 0.553. The van der Waals surface area contributed by atoms with E-state index in [2.05, 4.69) is 4.98 Å². The number of nitrogens with zero attached hydrogens (tertiary/aromatic N) is 2. The van der Waals surface area contributed by atoms with Crippen LogP contribution in [0.3, 0.4) is 0 Å². The van der Waals surface area contributed by atoms with Gasteiger partial charge in [-0.25, -0.2) is 4.98 Å². The number of aldehydes is 1. The van der Waals surface area contributed by atoms with Gasteiger partial charge in [-0.2, -0.15) is 0 Å². The summed E-state index contributed by atoms with van der Waals surface area (Å²) in [6, 6.07) is 4.06. The van der Waals surface area contributed by atoms with Crippen molar-refractivity contribution >= 4 is 23.3 Å². The topological polar surface area (TPSA) is 82.3 Å². The zero-order valence-corrected chi connectivity index (χ0v) is 9.92. The highest BCUT2D eigenvalue weighted by Crippen LogP contribution is 2.28. The molecular formula is C11H8N2O4S. The van der Waals surface area contributed by atoms with Gasteiger partial charge in [0.05, 0.1) is 16.1 Å². The number of thiazole rings is 1. The Morgan fingerprint density at radius 3 is 2.94 bits per heavy atom. The first kappa shape index (κ1) is 12.2. The summed E-state index contributed by atoms with van der Waals surface area (Å²) in [4.78, 5) is 24.8. The van der Waals surface area contributed by atoms with E-state index < -0.39 is 4.92 Å². The number of carbonyl (C=O) groups is 1. The van der Waals surface area contributed by atoms with Gasteiger partial charge in [0.1, 0.15) is 12.9 Å². The summed E-state index contributed by atoms with van der Waals surface area (Å²) >= 11 is 1.42. The quantitative estimate of drug-likeness (QED) is 0.470. The number of nitro benzene ring substituents is 1. The van der Waals surface area contributed by atoms with E-state index in [9.17, 15) is 14.9 Å². The summed E-state index contributed by atoms with van der Waals surface area (Å²) in [5, 5.41) is 12.6. The van der Waals surface area contributed by atoms with Crippen LogP contribution in [0.25, 0.3) is 0 Å². The fourth-order valence-electron chi connectivity index (χ4n) is 1.33. The number of benzene rings is 1. The molecule has 0 aliphatic carbocycles. The molecule has 0 bridgehead atoms. The lowest BCUT2D eigenvalue weighted by atomic mass is 10.2. The molecule has 18 heavy (non-hydrogen) atoms. The largest absolute Gasteiger partial charge is 0.480 e. The third-order valence-corrected chi connectivity index (χ3v) is 2.81. The van der Waals surface area contributed by atoms with E-state index >= 15 is 0 Å². The van der Waals surface area contributed by atoms with Gasteiger partial charge in [0.25, 0.3) is 0 Å². The predicted molar refractivity (Wildman–Crippen MR) is 64.9 cm³/mol. The lowest BCUT2D eigenvalue weighted by Crippen LogP contribution is -2.00. The second-order valence-electron chi connectivity index (χ2n) is 3.37. The van der Waals surface area contributed by atoms with Crippen molar-refractivity contribution in [2.24, 2.45) is 0 Å². The Bertz CT molecular complexity index is 568. The zero-order chi connectivity index (χ0) is 13.0. The number of carbonyl (C=O) groups excluding carboxylic acids is 1. The van der Waals surface area contributed by atoms with Gasteiger partial charge in [0, 0.05) is 17.0 Å². The second kappa shape index (κ2) is 5.37. The van der Waals surface area contributed by atoms with Crippen LogP contribution in [0.15, 0.2) is 29.1 Å². The lowest BCUT2D eigenvalue weighted by molar-refractivity contribution is -0.386. The van der Waals surface area contributed by atoms with Gasteiger partial charge in [-0.05, 0) is 12.1 Å². The van der Waals surface area contributed by atoms with E-state index in [0.717, 1.165) is 0 Å². The zero-order valence-electron chi connectivity index (χ0n) is 9.11. The molecule has 2 aromatic rings. The number of aromatic nitrogens is 1. The smallest absolute Gasteiger partial charge is 0.311 e. The van der Waals surface area contributed by atoms with Crippen LogP contribution in [-0.4, -0.2) is 16.2 Å². The van der Waals surface area contributed by atoms with Crippen molar-refractivity contribution in [1.29, 1.82) is 0 Å². The first-order chi connectivity index (χ1) is 8.70. The fourth-order valence-corrected chi connectivity index (χ4v) is 1.88. The van der Waals surface area contributed by atoms with E-state index in [1.54, 1.807) is 10.9 Å².